The molecule has 1 saturated heterocycles. The molecule has 7 nitrogen and oxygen atoms in total. The number of carbonyl (C=O) groups is 2. The highest BCUT2D eigenvalue weighted by atomic mass is 35.5. The summed E-state index contributed by atoms with van der Waals surface area (Å²) in [5.74, 6) is 0.688. The van der Waals surface area contributed by atoms with E-state index in [0.29, 0.717) is 36.8 Å². The molecule has 0 saturated carbocycles. The molecule has 8 heteroatoms. The number of hydrogen-bond donors (Lipinski definition) is 1. The first-order chi connectivity index (χ1) is 17.5. The third-order valence-corrected chi connectivity index (χ3v) is 6.64. The van der Waals surface area contributed by atoms with Crippen LogP contribution in [-0.4, -0.2) is 86.1 Å². The predicted octanol–water partition coefficient (Wildman–Crippen LogP) is 4.63. The fourth-order valence-electron chi connectivity index (χ4n) is 4.11. The Morgan fingerprint density at radius 2 is 1.81 bits per heavy atom. The Bertz CT molecular complexity index is 1020. The number of halogens is 1. The van der Waals surface area contributed by atoms with E-state index < -0.39 is 0 Å². The molecule has 194 valence electrons. The molecule has 0 radical (unpaired) electrons. The molecule has 3 rings (SSSR count). The largest absolute Gasteiger partial charge is 0.496 e. The van der Waals surface area contributed by atoms with Crippen molar-refractivity contribution >= 4 is 29.6 Å². The van der Waals surface area contributed by atoms with Crippen molar-refractivity contribution in [2.75, 3.05) is 59.5 Å². The Kier molecular flexibility index (Phi) is 11.1. The maximum atomic E-state index is 13.4. The van der Waals surface area contributed by atoms with Gasteiger partial charge in [0.2, 0.25) is 0 Å². The van der Waals surface area contributed by atoms with Crippen molar-refractivity contribution in [3.8, 4) is 5.75 Å². The van der Waals surface area contributed by atoms with Crippen LogP contribution >= 0.6 is 11.6 Å². The topological polar surface area (TPSA) is 65.1 Å². The Morgan fingerprint density at radius 3 is 2.53 bits per heavy atom. The Hall–Kier alpha value is -3.03. The van der Waals surface area contributed by atoms with Gasteiger partial charge in [-0.05, 0) is 24.6 Å². The summed E-state index contributed by atoms with van der Waals surface area (Å²) < 4.78 is 5.43. The lowest BCUT2D eigenvalue weighted by Gasteiger charge is -2.35. The van der Waals surface area contributed by atoms with E-state index in [9.17, 15) is 9.59 Å². The summed E-state index contributed by atoms with van der Waals surface area (Å²) in [6.45, 7) is 7.50. The van der Waals surface area contributed by atoms with Gasteiger partial charge in [0.15, 0.2) is 0 Å². The average Bonchev–Trinajstić information content (AvgIpc) is 2.91. The minimum absolute atomic E-state index is 0.0140. The van der Waals surface area contributed by atoms with Gasteiger partial charge in [-0.1, -0.05) is 67.4 Å². The first-order valence-electron chi connectivity index (χ1n) is 12.6. The highest BCUT2D eigenvalue weighted by molar-refractivity contribution is 6.33. The van der Waals surface area contributed by atoms with Gasteiger partial charge in [-0.3, -0.25) is 9.69 Å². The van der Waals surface area contributed by atoms with Crippen LogP contribution in [0.15, 0.2) is 54.6 Å². The maximum absolute atomic E-state index is 13.4. The summed E-state index contributed by atoms with van der Waals surface area (Å²) in [7, 11) is 1.65. The van der Waals surface area contributed by atoms with Crippen molar-refractivity contribution in [2.24, 2.45) is 0 Å². The molecule has 3 amide bonds. The van der Waals surface area contributed by atoms with E-state index in [1.807, 2.05) is 58.4 Å². The molecule has 0 spiro atoms. The van der Waals surface area contributed by atoms with E-state index in [-0.39, 0.29) is 11.9 Å². The SMILES string of the molecule is CCCCNC(=O)N1CCN(CCN(C/C=C/c2ccccc2OC)C(=O)c2ccccc2Cl)CC1. The summed E-state index contributed by atoms with van der Waals surface area (Å²) in [6, 6.07) is 14.9. The molecule has 36 heavy (non-hydrogen) atoms. The number of para-hydroxylation sites is 1. The van der Waals surface area contributed by atoms with Crippen LogP contribution in [0.25, 0.3) is 6.08 Å². The molecular weight excluding hydrogens is 476 g/mol. The van der Waals surface area contributed by atoms with Crippen LogP contribution in [-0.2, 0) is 0 Å². The summed E-state index contributed by atoms with van der Waals surface area (Å²) in [4.78, 5) is 31.7. The zero-order chi connectivity index (χ0) is 25.8. The minimum atomic E-state index is -0.0979. The van der Waals surface area contributed by atoms with Gasteiger partial charge >= 0.3 is 6.03 Å². The highest BCUT2D eigenvalue weighted by Gasteiger charge is 2.23. The van der Waals surface area contributed by atoms with Gasteiger partial charge in [-0.25, -0.2) is 4.79 Å². The third-order valence-electron chi connectivity index (χ3n) is 6.31. The van der Waals surface area contributed by atoms with Crippen LogP contribution < -0.4 is 10.1 Å². The molecule has 0 aromatic heterocycles. The zero-order valence-electron chi connectivity index (χ0n) is 21.3. The van der Waals surface area contributed by atoms with Crippen molar-refractivity contribution < 1.29 is 14.3 Å². The second-order valence-corrected chi connectivity index (χ2v) is 9.20. The van der Waals surface area contributed by atoms with Crippen molar-refractivity contribution in [1.29, 1.82) is 0 Å². The zero-order valence-corrected chi connectivity index (χ0v) is 22.0. The fraction of sp³-hybridized carbons (Fsp3) is 0.429. The molecule has 1 aliphatic heterocycles. The van der Waals surface area contributed by atoms with Gasteiger partial charge in [0.1, 0.15) is 5.75 Å². The summed E-state index contributed by atoms with van der Waals surface area (Å²) in [5, 5.41) is 3.44. The normalized spacial score (nSPS) is 14.1. The van der Waals surface area contributed by atoms with Crippen LogP contribution in [0.1, 0.15) is 35.7 Å². The molecule has 1 fully saturated rings. The van der Waals surface area contributed by atoms with Crippen LogP contribution in [0.3, 0.4) is 0 Å². The van der Waals surface area contributed by atoms with E-state index in [1.165, 1.54) is 0 Å². The fourth-order valence-corrected chi connectivity index (χ4v) is 4.33. The third kappa shape index (κ3) is 8.00. The monoisotopic (exact) mass is 512 g/mol. The molecule has 0 aliphatic carbocycles. The summed E-state index contributed by atoms with van der Waals surface area (Å²) in [5.41, 5.74) is 1.46. The Balaban J connectivity index is 1.60. The number of rotatable bonds is 11. The molecule has 1 heterocycles. The number of amides is 3. The van der Waals surface area contributed by atoms with E-state index in [1.54, 1.807) is 19.2 Å². The lowest BCUT2D eigenvalue weighted by Crippen LogP contribution is -2.53. The molecule has 2 aromatic carbocycles. The van der Waals surface area contributed by atoms with Crippen LogP contribution in [0.5, 0.6) is 5.75 Å². The smallest absolute Gasteiger partial charge is 0.317 e. The number of piperazine rings is 1. The quantitative estimate of drug-likeness (QED) is 0.446. The lowest BCUT2D eigenvalue weighted by atomic mass is 10.1. The van der Waals surface area contributed by atoms with Crippen LogP contribution in [0, 0.1) is 0 Å². The van der Waals surface area contributed by atoms with Crippen LogP contribution in [0.4, 0.5) is 4.79 Å². The number of unbranched alkanes of at least 4 members (excludes halogenated alkanes) is 1. The Labute approximate surface area is 219 Å². The standard InChI is InChI=1S/C28H37ClN4O3/c1-3-4-15-30-28(35)33-21-18-31(19-22-33)17-20-32(27(34)24-12-6-7-13-25(24)29)16-9-11-23-10-5-8-14-26(23)36-2/h5-14H,3-4,15-22H2,1-2H3,(H,30,35)/b11-9+. The summed E-state index contributed by atoms with van der Waals surface area (Å²) in [6.07, 6.45) is 6.00. The number of benzene rings is 2. The van der Waals surface area contributed by atoms with Crippen molar-refractivity contribution in [3.63, 3.8) is 0 Å². The number of urea groups is 1. The van der Waals surface area contributed by atoms with E-state index in [0.717, 1.165) is 50.3 Å². The van der Waals surface area contributed by atoms with Gasteiger partial charge in [0.25, 0.3) is 5.91 Å². The molecule has 0 bridgehead atoms. The highest BCUT2D eigenvalue weighted by Crippen LogP contribution is 2.20. The van der Waals surface area contributed by atoms with Gasteiger partial charge in [-0.2, -0.15) is 0 Å². The Morgan fingerprint density at radius 1 is 1.08 bits per heavy atom. The number of hydrogen-bond acceptors (Lipinski definition) is 4. The molecular formula is C28H37ClN4O3. The molecule has 1 aliphatic rings. The van der Waals surface area contributed by atoms with Crippen molar-refractivity contribution in [3.05, 3.63) is 70.8 Å². The second-order valence-electron chi connectivity index (χ2n) is 8.79. The van der Waals surface area contributed by atoms with Crippen molar-refractivity contribution in [1.82, 2.24) is 20.0 Å². The predicted molar refractivity (Wildman–Crippen MR) is 146 cm³/mol. The van der Waals surface area contributed by atoms with Crippen LogP contribution in [0.2, 0.25) is 5.02 Å². The maximum Gasteiger partial charge on any atom is 0.317 e. The number of nitrogens with one attached hydrogen (secondary N) is 1. The molecule has 0 atom stereocenters. The second kappa shape index (κ2) is 14.5. The first-order valence-corrected chi connectivity index (χ1v) is 13.0. The van der Waals surface area contributed by atoms with E-state index in [4.69, 9.17) is 16.3 Å². The number of methoxy groups -OCH3 is 1. The summed E-state index contributed by atoms with van der Waals surface area (Å²) >= 11 is 6.34. The van der Waals surface area contributed by atoms with E-state index >= 15 is 0 Å². The van der Waals surface area contributed by atoms with Gasteiger partial charge in [0, 0.05) is 57.9 Å². The number of ether oxygens (including phenoxy) is 1. The van der Waals surface area contributed by atoms with E-state index in [2.05, 4.69) is 17.1 Å². The van der Waals surface area contributed by atoms with Gasteiger partial charge < -0.3 is 19.9 Å². The first kappa shape index (κ1) is 27.6. The molecule has 0 unspecified atom stereocenters. The van der Waals surface area contributed by atoms with Gasteiger partial charge in [0.05, 0.1) is 17.7 Å². The van der Waals surface area contributed by atoms with Gasteiger partial charge in [-0.15, -0.1) is 0 Å². The number of nitrogens with zero attached hydrogens (tertiary/aromatic N) is 3. The lowest BCUT2D eigenvalue weighted by molar-refractivity contribution is 0.0738. The minimum Gasteiger partial charge on any atom is -0.496 e. The average molecular weight is 513 g/mol. The molecule has 1 N–H and O–H groups in total. The number of carbonyl (C=O) groups excluding carboxylic acids is 2. The van der Waals surface area contributed by atoms with Crippen molar-refractivity contribution in [2.45, 2.75) is 19.8 Å². The molecule has 2 aromatic rings.